The number of rotatable bonds is 4. The van der Waals surface area contributed by atoms with Crippen molar-refractivity contribution in [3.8, 4) is 5.75 Å². The number of carbonyl (C=O) groups is 2. The molecule has 162 valence electrons. The lowest BCUT2D eigenvalue weighted by atomic mass is 9.68. The molecule has 0 saturated heterocycles. The molecule has 0 spiro atoms. The second kappa shape index (κ2) is 7.52. The Bertz CT molecular complexity index is 1270. The van der Waals surface area contributed by atoms with Crippen LogP contribution in [0, 0.1) is 5.41 Å². The molecule has 0 bridgehead atoms. The number of fused-ring (bicyclic) bond motifs is 3. The standard InChI is InChI=1S/C27H25NO4/c1-27(2)13-21-26(22(29)14-27)24(17-7-10-18(11-8-17)32-15-23(30)31)25-19-6-4-3-5-16(19)9-12-20(25)28-21/h3-12,24,28H,13-15H2,1-2H3,(H,30,31). The Morgan fingerprint density at radius 2 is 1.81 bits per heavy atom. The molecule has 1 aliphatic carbocycles. The van der Waals surface area contributed by atoms with Gasteiger partial charge in [0.2, 0.25) is 0 Å². The molecule has 0 radical (unpaired) electrons. The van der Waals surface area contributed by atoms with E-state index in [0.29, 0.717) is 12.2 Å². The van der Waals surface area contributed by atoms with Crippen LogP contribution in [0.25, 0.3) is 10.8 Å². The van der Waals surface area contributed by atoms with Crippen LogP contribution in [0.4, 0.5) is 5.69 Å². The average Bonchev–Trinajstić information content (AvgIpc) is 2.75. The first-order valence-corrected chi connectivity index (χ1v) is 10.8. The van der Waals surface area contributed by atoms with E-state index in [2.05, 4.69) is 43.4 Å². The van der Waals surface area contributed by atoms with Crippen molar-refractivity contribution in [1.29, 1.82) is 0 Å². The Balaban J connectivity index is 1.68. The Labute approximate surface area is 186 Å². The number of ether oxygens (including phenoxy) is 1. The monoisotopic (exact) mass is 427 g/mol. The molecule has 5 heteroatoms. The minimum atomic E-state index is -1.02. The minimum Gasteiger partial charge on any atom is -0.482 e. The maximum atomic E-state index is 13.4. The highest BCUT2D eigenvalue weighted by Crippen LogP contribution is 2.50. The third-order valence-corrected chi connectivity index (χ3v) is 6.33. The number of aliphatic carboxylic acids is 1. The molecule has 0 amide bonds. The zero-order chi connectivity index (χ0) is 22.5. The van der Waals surface area contributed by atoms with Gasteiger partial charge in [-0.1, -0.05) is 56.3 Å². The summed E-state index contributed by atoms with van der Waals surface area (Å²) in [5.41, 5.74) is 4.89. The lowest BCUT2D eigenvalue weighted by Gasteiger charge is -2.40. The van der Waals surface area contributed by atoms with Gasteiger partial charge in [-0.05, 0) is 51.9 Å². The van der Waals surface area contributed by atoms with Gasteiger partial charge in [0.15, 0.2) is 12.4 Å². The number of carbonyl (C=O) groups excluding carboxylic acids is 1. The first-order valence-electron chi connectivity index (χ1n) is 10.8. The summed E-state index contributed by atoms with van der Waals surface area (Å²) in [6.07, 6.45) is 1.33. The summed E-state index contributed by atoms with van der Waals surface area (Å²) in [4.78, 5) is 24.2. The maximum absolute atomic E-state index is 13.4. The molecule has 1 atom stereocenters. The zero-order valence-corrected chi connectivity index (χ0v) is 18.1. The summed E-state index contributed by atoms with van der Waals surface area (Å²) in [5.74, 6) is -0.533. The molecule has 2 aliphatic rings. The van der Waals surface area contributed by atoms with Crippen molar-refractivity contribution >= 4 is 28.2 Å². The van der Waals surface area contributed by atoms with E-state index in [0.717, 1.165) is 45.3 Å². The third-order valence-electron chi connectivity index (χ3n) is 6.33. The van der Waals surface area contributed by atoms with Crippen molar-refractivity contribution in [3.63, 3.8) is 0 Å². The van der Waals surface area contributed by atoms with Gasteiger partial charge in [0.05, 0.1) is 0 Å². The highest BCUT2D eigenvalue weighted by atomic mass is 16.5. The van der Waals surface area contributed by atoms with E-state index in [1.807, 2.05) is 24.3 Å². The van der Waals surface area contributed by atoms with Crippen molar-refractivity contribution in [3.05, 3.63) is 83.1 Å². The fourth-order valence-corrected chi connectivity index (χ4v) is 5.04. The number of Topliss-reactive ketones (excluding diaryl/α,β-unsaturated/α-hetero) is 1. The van der Waals surface area contributed by atoms with Crippen LogP contribution in [0.1, 0.15) is 43.7 Å². The number of carboxylic acid groups (broad SMARTS) is 1. The molecule has 0 fully saturated rings. The quantitative estimate of drug-likeness (QED) is 0.575. The number of hydrogen-bond donors (Lipinski definition) is 2. The summed E-state index contributed by atoms with van der Waals surface area (Å²) < 4.78 is 5.31. The molecule has 5 rings (SSSR count). The Kier molecular flexibility index (Phi) is 4.77. The fourth-order valence-electron chi connectivity index (χ4n) is 5.04. The maximum Gasteiger partial charge on any atom is 0.341 e. The lowest BCUT2D eigenvalue weighted by Crippen LogP contribution is -2.33. The Morgan fingerprint density at radius 3 is 2.56 bits per heavy atom. The van der Waals surface area contributed by atoms with E-state index in [1.165, 1.54) is 0 Å². The predicted octanol–water partition coefficient (Wildman–Crippen LogP) is 5.50. The van der Waals surface area contributed by atoms with Crippen molar-refractivity contribution in [2.24, 2.45) is 5.41 Å². The summed E-state index contributed by atoms with van der Waals surface area (Å²) in [6.45, 7) is 3.88. The molecule has 1 heterocycles. The second-order valence-electron chi connectivity index (χ2n) is 9.39. The SMILES string of the molecule is CC1(C)CC(=O)C2=C(C1)Nc1ccc3ccccc3c1C2c1ccc(OCC(=O)O)cc1. The van der Waals surface area contributed by atoms with Gasteiger partial charge >= 0.3 is 5.97 Å². The minimum absolute atomic E-state index is 0.0870. The highest BCUT2D eigenvalue weighted by Gasteiger charge is 2.41. The molecule has 32 heavy (non-hydrogen) atoms. The van der Waals surface area contributed by atoms with Crippen molar-refractivity contribution < 1.29 is 19.4 Å². The summed E-state index contributed by atoms with van der Waals surface area (Å²) >= 11 is 0. The smallest absolute Gasteiger partial charge is 0.341 e. The van der Waals surface area contributed by atoms with Gasteiger partial charge in [-0.3, -0.25) is 4.79 Å². The number of hydrogen-bond acceptors (Lipinski definition) is 4. The van der Waals surface area contributed by atoms with Crippen LogP contribution in [0.2, 0.25) is 0 Å². The Hall–Kier alpha value is -3.60. The normalized spacial score (nSPS) is 19.2. The van der Waals surface area contributed by atoms with E-state index in [-0.39, 0.29) is 23.7 Å². The molecule has 0 aromatic heterocycles. The number of allylic oxidation sites excluding steroid dienone is 2. The topological polar surface area (TPSA) is 75.6 Å². The molecule has 3 aromatic rings. The largest absolute Gasteiger partial charge is 0.482 e. The van der Waals surface area contributed by atoms with Gasteiger partial charge in [0.1, 0.15) is 5.75 Å². The number of anilines is 1. The highest BCUT2D eigenvalue weighted by molar-refractivity contribution is 6.04. The molecule has 0 saturated carbocycles. The van der Waals surface area contributed by atoms with Gasteiger partial charge in [-0.2, -0.15) is 0 Å². The lowest BCUT2D eigenvalue weighted by molar-refractivity contribution is -0.139. The van der Waals surface area contributed by atoms with Crippen LogP contribution in [0.5, 0.6) is 5.75 Å². The molecule has 1 aliphatic heterocycles. The van der Waals surface area contributed by atoms with Crippen molar-refractivity contribution in [1.82, 2.24) is 0 Å². The van der Waals surface area contributed by atoms with Crippen LogP contribution >= 0.6 is 0 Å². The first kappa shape index (κ1) is 20.3. The van der Waals surface area contributed by atoms with Crippen LogP contribution in [0.3, 0.4) is 0 Å². The van der Waals surface area contributed by atoms with Gasteiger partial charge in [0.25, 0.3) is 0 Å². The Morgan fingerprint density at radius 1 is 1.06 bits per heavy atom. The molecule has 5 nitrogen and oxygen atoms in total. The number of nitrogens with one attached hydrogen (secondary N) is 1. The summed E-state index contributed by atoms with van der Waals surface area (Å²) in [6, 6.07) is 19.9. The zero-order valence-electron chi connectivity index (χ0n) is 18.1. The van der Waals surface area contributed by atoms with Gasteiger partial charge in [0, 0.05) is 29.3 Å². The van der Waals surface area contributed by atoms with E-state index in [4.69, 9.17) is 9.84 Å². The second-order valence-corrected chi connectivity index (χ2v) is 9.39. The van der Waals surface area contributed by atoms with Crippen molar-refractivity contribution in [2.75, 3.05) is 11.9 Å². The number of benzene rings is 3. The van der Waals surface area contributed by atoms with E-state index < -0.39 is 5.97 Å². The molecular formula is C27H25NO4. The first-order chi connectivity index (χ1) is 15.3. The van der Waals surface area contributed by atoms with Gasteiger partial charge < -0.3 is 15.2 Å². The number of carboxylic acids is 1. The van der Waals surface area contributed by atoms with Crippen LogP contribution in [-0.4, -0.2) is 23.5 Å². The van der Waals surface area contributed by atoms with Crippen LogP contribution in [-0.2, 0) is 9.59 Å². The van der Waals surface area contributed by atoms with Gasteiger partial charge in [-0.25, -0.2) is 4.79 Å². The van der Waals surface area contributed by atoms with E-state index in [9.17, 15) is 9.59 Å². The van der Waals surface area contributed by atoms with E-state index in [1.54, 1.807) is 12.1 Å². The molecule has 1 unspecified atom stereocenters. The number of ketones is 1. The molecular weight excluding hydrogens is 402 g/mol. The fraction of sp³-hybridized carbons (Fsp3) is 0.259. The van der Waals surface area contributed by atoms with Crippen LogP contribution in [0.15, 0.2) is 71.9 Å². The summed E-state index contributed by atoms with van der Waals surface area (Å²) in [5, 5.41) is 14.7. The summed E-state index contributed by atoms with van der Waals surface area (Å²) in [7, 11) is 0. The molecule has 3 aromatic carbocycles. The predicted molar refractivity (Wildman–Crippen MR) is 124 cm³/mol. The molecule has 2 N–H and O–H groups in total. The van der Waals surface area contributed by atoms with E-state index >= 15 is 0 Å². The third kappa shape index (κ3) is 3.54. The average molecular weight is 428 g/mol. The van der Waals surface area contributed by atoms with Gasteiger partial charge in [-0.15, -0.1) is 0 Å². The van der Waals surface area contributed by atoms with Crippen molar-refractivity contribution in [2.45, 2.75) is 32.6 Å². The van der Waals surface area contributed by atoms with Crippen LogP contribution < -0.4 is 10.1 Å².